The average molecular weight is 315 g/mol. The lowest BCUT2D eigenvalue weighted by atomic mass is 10.1. The molecule has 0 amide bonds. The predicted octanol–water partition coefficient (Wildman–Crippen LogP) is 2.48. The summed E-state index contributed by atoms with van der Waals surface area (Å²) in [6.45, 7) is 4.07. The second-order valence-corrected chi connectivity index (χ2v) is 6.22. The van der Waals surface area contributed by atoms with Gasteiger partial charge < -0.3 is 4.74 Å². The Morgan fingerprint density at radius 2 is 2.22 bits per heavy atom. The van der Waals surface area contributed by atoms with Crippen molar-refractivity contribution in [1.29, 1.82) is 0 Å². The summed E-state index contributed by atoms with van der Waals surface area (Å²) in [5.74, 6) is 0.783. The minimum Gasteiger partial charge on any atom is -0.490 e. The van der Waals surface area contributed by atoms with Gasteiger partial charge in [0.25, 0.3) is 0 Å². The highest BCUT2D eigenvalue weighted by Crippen LogP contribution is 2.19. The number of pyridine rings is 1. The molecule has 1 aliphatic heterocycles. The van der Waals surface area contributed by atoms with Crippen LogP contribution in [0.3, 0.4) is 0 Å². The third-order valence-electron chi connectivity index (χ3n) is 4.42. The van der Waals surface area contributed by atoms with Crippen LogP contribution in [0.2, 0.25) is 0 Å². The van der Waals surface area contributed by atoms with E-state index in [1.54, 1.807) is 17.1 Å². The van der Waals surface area contributed by atoms with Crippen LogP contribution in [0.25, 0.3) is 5.69 Å². The molecule has 2 aromatic heterocycles. The fourth-order valence-electron chi connectivity index (χ4n) is 2.68. The van der Waals surface area contributed by atoms with Gasteiger partial charge in [-0.15, -0.1) is 5.10 Å². The molecule has 0 N–H and O–H groups in total. The molecule has 0 aliphatic carbocycles. The summed E-state index contributed by atoms with van der Waals surface area (Å²) in [4.78, 5) is 6.56. The fraction of sp³-hybridized carbons (Fsp3) is 0.588. The van der Waals surface area contributed by atoms with Crippen LogP contribution < -0.4 is 4.74 Å². The Labute approximate surface area is 137 Å². The molecule has 1 fully saturated rings. The van der Waals surface area contributed by atoms with Crippen molar-refractivity contribution in [3.05, 3.63) is 30.4 Å². The molecule has 0 unspecified atom stereocenters. The van der Waals surface area contributed by atoms with E-state index in [1.807, 2.05) is 12.3 Å². The van der Waals surface area contributed by atoms with E-state index in [0.717, 1.165) is 36.5 Å². The number of hydrogen-bond donors (Lipinski definition) is 0. The minimum atomic E-state index is 0.523. The number of ether oxygens (including phenoxy) is 1. The lowest BCUT2D eigenvalue weighted by Gasteiger charge is -2.37. The van der Waals surface area contributed by atoms with Gasteiger partial charge in [0.1, 0.15) is 12.4 Å². The molecular formula is C17H25N5O. The van der Waals surface area contributed by atoms with E-state index in [9.17, 15) is 0 Å². The van der Waals surface area contributed by atoms with Gasteiger partial charge in [-0.2, -0.15) is 0 Å². The van der Waals surface area contributed by atoms with E-state index in [-0.39, 0.29) is 0 Å². The summed E-state index contributed by atoms with van der Waals surface area (Å²) in [7, 11) is 2.13. The van der Waals surface area contributed by atoms with Crippen LogP contribution in [0, 0.1) is 0 Å². The lowest BCUT2D eigenvalue weighted by molar-refractivity contribution is 0.0767. The van der Waals surface area contributed by atoms with E-state index < -0.39 is 0 Å². The highest BCUT2D eigenvalue weighted by Gasteiger charge is 2.24. The number of likely N-dealkylation sites (N-methyl/N-ethyl adjacent to an activating group) is 1. The Kier molecular flexibility index (Phi) is 5.23. The van der Waals surface area contributed by atoms with Crippen LogP contribution in [-0.2, 0) is 6.42 Å². The largest absolute Gasteiger partial charge is 0.490 e. The van der Waals surface area contributed by atoms with Crippen molar-refractivity contribution in [2.45, 2.75) is 45.1 Å². The summed E-state index contributed by atoms with van der Waals surface area (Å²) in [6, 6.07) is 2.49. The van der Waals surface area contributed by atoms with Gasteiger partial charge in [-0.25, -0.2) is 4.68 Å². The first-order chi connectivity index (χ1) is 11.3. The first-order valence-corrected chi connectivity index (χ1v) is 8.46. The average Bonchev–Trinajstić information content (AvgIpc) is 3.03. The van der Waals surface area contributed by atoms with Crippen molar-refractivity contribution >= 4 is 0 Å². The van der Waals surface area contributed by atoms with E-state index in [1.165, 1.54) is 19.3 Å². The fourth-order valence-corrected chi connectivity index (χ4v) is 2.68. The normalized spacial score (nSPS) is 17.9. The molecule has 1 aliphatic rings. The van der Waals surface area contributed by atoms with Crippen molar-refractivity contribution in [1.82, 2.24) is 24.9 Å². The van der Waals surface area contributed by atoms with Gasteiger partial charge >= 0.3 is 0 Å². The van der Waals surface area contributed by atoms with Gasteiger partial charge in [0.2, 0.25) is 0 Å². The minimum absolute atomic E-state index is 0.523. The van der Waals surface area contributed by atoms with Gasteiger partial charge in [-0.3, -0.25) is 9.88 Å². The van der Waals surface area contributed by atoms with Crippen molar-refractivity contribution < 1.29 is 4.74 Å². The molecule has 3 rings (SSSR count). The Hall–Kier alpha value is -1.95. The van der Waals surface area contributed by atoms with Crippen LogP contribution in [-0.4, -0.2) is 51.1 Å². The third kappa shape index (κ3) is 4.07. The number of likely N-dealkylation sites (tertiary alicyclic amines) is 1. The zero-order valence-electron chi connectivity index (χ0n) is 14.0. The first kappa shape index (κ1) is 15.9. The first-order valence-electron chi connectivity index (χ1n) is 8.46. The topological polar surface area (TPSA) is 56.1 Å². The molecule has 6 nitrogen and oxygen atoms in total. The maximum Gasteiger partial charge on any atom is 0.139 e. The molecule has 1 atom stereocenters. The summed E-state index contributed by atoms with van der Waals surface area (Å²) < 4.78 is 7.64. The molecule has 2 aromatic rings. The number of aromatic nitrogens is 4. The van der Waals surface area contributed by atoms with Crippen molar-refractivity contribution in [2.75, 3.05) is 20.2 Å². The van der Waals surface area contributed by atoms with Gasteiger partial charge in [0.05, 0.1) is 30.0 Å². The zero-order chi connectivity index (χ0) is 16.1. The van der Waals surface area contributed by atoms with Crippen molar-refractivity contribution in [2.24, 2.45) is 0 Å². The molecule has 6 heteroatoms. The number of aryl methyl sites for hydroxylation is 1. The van der Waals surface area contributed by atoms with Gasteiger partial charge in [-0.1, -0.05) is 25.0 Å². The quantitative estimate of drug-likeness (QED) is 0.701. The number of hydrogen-bond acceptors (Lipinski definition) is 5. The summed E-state index contributed by atoms with van der Waals surface area (Å²) >= 11 is 0. The Bertz CT molecular complexity index is 627. The van der Waals surface area contributed by atoms with Crippen LogP contribution in [0.1, 0.15) is 38.3 Å². The van der Waals surface area contributed by atoms with Gasteiger partial charge in [0, 0.05) is 12.1 Å². The SMILES string of the molecule is CCCCCc1cn(-c2cncc(OC[C@@H]3CCN3C)c2)nn1. The highest BCUT2D eigenvalue weighted by atomic mass is 16.5. The summed E-state index contributed by atoms with van der Waals surface area (Å²) in [6.07, 6.45) is 11.3. The summed E-state index contributed by atoms with van der Waals surface area (Å²) in [5, 5.41) is 8.44. The van der Waals surface area contributed by atoms with E-state index in [0.29, 0.717) is 12.6 Å². The molecule has 0 aromatic carbocycles. The second kappa shape index (κ2) is 7.55. The second-order valence-electron chi connectivity index (χ2n) is 6.22. The van der Waals surface area contributed by atoms with Gasteiger partial charge in [0.15, 0.2) is 0 Å². The Morgan fingerprint density at radius 3 is 2.96 bits per heavy atom. The van der Waals surface area contributed by atoms with Crippen molar-refractivity contribution in [3.8, 4) is 11.4 Å². The Morgan fingerprint density at radius 1 is 1.30 bits per heavy atom. The lowest BCUT2D eigenvalue weighted by Crippen LogP contribution is -2.48. The number of unbranched alkanes of at least 4 members (excludes halogenated alkanes) is 2. The molecule has 0 spiro atoms. The van der Waals surface area contributed by atoms with E-state index in [4.69, 9.17) is 4.74 Å². The molecule has 0 bridgehead atoms. The zero-order valence-corrected chi connectivity index (χ0v) is 14.0. The Balaban J connectivity index is 1.60. The predicted molar refractivity (Wildman–Crippen MR) is 88.9 cm³/mol. The highest BCUT2D eigenvalue weighted by molar-refractivity contribution is 5.34. The van der Waals surface area contributed by atoms with E-state index >= 15 is 0 Å². The molecule has 1 saturated heterocycles. The maximum atomic E-state index is 5.86. The van der Waals surface area contributed by atoms with E-state index in [2.05, 4.69) is 34.2 Å². The molecule has 0 saturated carbocycles. The number of rotatable bonds is 8. The maximum absolute atomic E-state index is 5.86. The monoisotopic (exact) mass is 315 g/mol. The smallest absolute Gasteiger partial charge is 0.139 e. The van der Waals surface area contributed by atoms with Gasteiger partial charge in [-0.05, 0) is 32.9 Å². The van der Waals surface area contributed by atoms with Crippen LogP contribution in [0.5, 0.6) is 5.75 Å². The third-order valence-corrected chi connectivity index (χ3v) is 4.42. The molecule has 0 radical (unpaired) electrons. The van der Waals surface area contributed by atoms with Crippen molar-refractivity contribution in [3.63, 3.8) is 0 Å². The summed E-state index contributed by atoms with van der Waals surface area (Å²) in [5.41, 5.74) is 1.92. The molecule has 23 heavy (non-hydrogen) atoms. The van der Waals surface area contributed by atoms with Crippen LogP contribution in [0.15, 0.2) is 24.7 Å². The molecule has 3 heterocycles. The van der Waals surface area contributed by atoms with Crippen LogP contribution in [0.4, 0.5) is 0 Å². The number of nitrogens with zero attached hydrogens (tertiary/aromatic N) is 5. The standard InChI is InChI=1S/C17H25N5O/c1-3-4-5-6-14-12-22(20-19-14)16-9-17(11-18-10-16)23-13-15-7-8-21(15)2/h9-12,15H,3-8,13H2,1-2H3/t15-/m0/s1. The molecular weight excluding hydrogens is 290 g/mol. The van der Waals surface area contributed by atoms with Crippen LogP contribution >= 0.6 is 0 Å². The molecule has 124 valence electrons.